The zero-order valence-corrected chi connectivity index (χ0v) is 23.0. The molecule has 1 amide bonds. The van der Waals surface area contributed by atoms with Gasteiger partial charge in [-0.15, -0.1) is 11.3 Å². The predicted molar refractivity (Wildman–Crippen MR) is 151 cm³/mol. The van der Waals surface area contributed by atoms with E-state index in [4.69, 9.17) is 14.5 Å². The van der Waals surface area contributed by atoms with Gasteiger partial charge in [0.1, 0.15) is 16.5 Å². The number of aromatic nitrogens is 1. The molecule has 1 aliphatic rings. The Morgan fingerprint density at radius 2 is 1.77 bits per heavy atom. The van der Waals surface area contributed by atoms with Gasteiger partial charge in [-0.3, -0.25) is 9.69 Å². The van der Waals surface area contributed by atoms with Crippen LogP contribution in [0.4, 0.5) is 4.39 Å². The molecule has 0 saturated heterocycles. The third-order valence-electron chi connectivity index (χ3n) is 7.06. The van der Waals surface area contributed by atoms with E-state index >= 15 is 0 Å². The minimum absolute atomic E-state index is 0.0435. The second-order valence-electron chi connectivity index (χ2n) is 9.61. The Labute approximate surface area is 232 Å². The molecule has 0 unspecified atom stereocenters. The Bertz CT molecular complexity index is 1440. The van der Waals surface area contributed by atoms with E-state index in [1.54, 1.807) is 20.3 Å². The smallest absolute Gasteiger partial charge is 0.273 e. The molecule has 0 N–H and O–H groups in total. The minimum Gasteiger partial charge on any atom is -0.493 e. The lowest BCUT2D eigenvalue weighted by molar-refractivity contribution is 0.0729. The molecule has 8 heteroatoms. The van der Waals surface area contributed by atoms with Crippen molar-refractivity contribution >= 4 is 17.2 Å². The molecule has 1 aliphatic heterocycles. The van der Waals surface area contributed by atoms with Gasteiger partial charge in [-0.1, -0.05) is 48.5 Å². The lowest BCUT2D eigenvalue weighted by atomic mass is 10.00. The third kappa shape index (κ3) is 6.46. The molecule has 0 radical (unpaired) electrons. The summed E-state index contributed by atoms with van der Waals surface area (Å²) in [6, 6.07) is 21.0. The Balaban J connectivity index is 1.29. The summed E-state index contributed by atoms with van der Waals surface area (Å²) in [5, 5.41) is 2.67. The summed E-state index contributed by atoms with van der Waals surface area (Å²) in [6.45, 7) is 2.92. The van der Waals surface area contributed by atoms with E-state index in [1.165, 1.54) is 28.5 Å². The fraction of sp³-hybridized carbons (Fsp3) is 0.290. The average molecular weight is 546 g/mol. The number of benzene rings is 3. The highest BCUT2D eigenvalue weighted by molar-refractivity contribution is 7.09. The second-order valence-corrected chi connectivity index (χ2v) is 10.6. The Morgan fingerprint density at radius 3 is 2.56 bits per heavy atom. The van der Waals surface area contributed by atoms with Crippen molar-refractivity contribution in [3.63, 3.8) is 0 Å². The van der Waals surface area contributed by atoms with Crippen LogP contribution in [0.1, 0.15) is 37.7 Å². The maximum Gasteiger partial charge on any atom is 0.273 e. The first kappa shape index (κ1) is 26.8. The van der Waals surface area contributed by atoms with E-state index in [0.29, 0.717) is 55.5 Å². The second kappa shape index (κ2) is 12.4. The Kier molecular flexibility index (Phi) is 8.54. The lowest BCUT2D eigenvalue weighted by Gasteiger charge is -2.28. The monoisotopic (exact) mass is 545 g/mol. The van der Waals surface area contributed by atoms with Gasteiger partial charge < -0.3 is 14.4 Å². The summed E-state index contributed by atoms with van der Waals surface area (Å²) in [5.41, 5.74) is 4.69. The molecule has 0 fully saturated rings. The molecule has 3 aromatic carbocycles. The quantitative estimate of drug-likeness (QED) is 0.254. The van der Waals surface area contributed by atoms with Gasteiger partial charge >= 0.3 is 0 Å². The molecule has 6 nitrogen and oxygen atoms in total. The summed E-state index contributed by atoms with van der Waals surface area (Å²) in [6.07, 6.45) is 1.59. The minimum atomic E-state index is -0.228. The first-order valence-corrected chi connectivity index (χ1v) is 13.9. The van der Waals surface area contributed by atoms with E-state index in [9.17, 15) is 9.18 Å². The molecule has 0 spiro atoms. The molecule has 39 heavy (non-hydrogen) atoms. The van der Waals surface area contributed by atoms with Crippen LogP contribution >= 0.6 is 11.3 Å². The van der Waals surface area contributed by atoms with Crippen molar-refractivity contribution in [3.8, 4) is 11.5 Å². The van der Waals surface area contributed by atoms with Gasteiger partial charge in [0, 0.05) is 37.1 Å². The molecule has 0 aliphatic carbocycles. The molecular weight excluding hydrogens is 513 g/mol. The van der Waals surface area contributed by atoms with E-state index in [-0.39, 0.29) is 11.7 Å². The molecule has 4 aromatic rings. The highest BCUT2D eigenvalue weighted by Crippen LogP contribution is 2.28. The predicted octanol–water partition coefficient (Wildman–Crippen LogP) is 5.74. The van der Waals surface area contributed by atoms with Crippen LogP contribution in [0.15, 0.2) is 72.1 Å². The number of thiazole rings is 1. The summed E-state index contributed by atoms with van der Waals surface area (Å²) in [5.74, 6) is 1.09. The molecular formula is C31H32FN3O3S. The topological polar surface area (TPSA) is 54.9 Å². The van der Waals surface area contributed by atoms with E-state index in [2.05, 4.69) is 17.0 Å². The first-order valence-electron chi connectivity index (χ1n) is 13.0. The van der Waals surface area contributed by atoms with Crippen LogP contribution in [0.5, 0.6) is 11.5 Å². The molecule has 0 bridgehead atoms. The highest BCUT2D eigenvalue weighted by atomic mass is 32.1. The summed E-state index contributed by atoms with van der Waals surface area (Å²) < 4.78 is 25.3. The maximum atomic E-state index is 14.5. The van der Waals surface area contributed by atoms with Crippen molar-refractivity contribution in [3.05, 3.63) is 111 Å². The number of hydrogen-bond donors (Lipinski definition) is 0. The van der Waals surface area contributed by atoms with Crippen LogP contribution in [0, 0.1) is 5.82 Å². The van der Waals surface area contributed by atoms with Gasteiger partial charge in [0.2, 0.25) is 0 Å². The van der Waals surface area contributed by atoms with Gasteiger partial charge in [-0.05, 0) is 47.7 Å². The Morgan fingerprint density at radius 1 is 1.00 bits per heavy atom. The number of nitrogens with zero attached hydrogens (tertiary/aromatic N) is 3. The molecule has 0 saturated carbocycles. The molecule has 5 rings (SSSR count). The summed E-state index contributed by atoms with van der Waals surface area (Å²) >= 11 is 1.47. The zero-order valence-electron chi connectivity index (χ0n) is 22.2. The van der Waals surface area contributed by atoms with E-state index in [1.807, 2.05) is 52.7 Å². The van der Waals surface area contributed by atoms with Crippen LogP contribution in [0.3, 0.4) is 0 Å². The van der Waals surface area contributed by atoms with Crippen molar-refractivity contribution in [2.45, 2.75) is 32.5 Å². The van der Waals surface area contributed by atoms with Gasteiger partial charge in [0.15, 0.2) is 11.5 Å². The van der Waals surface area contributed by atoms with Gasteiger partial charge in [0.05, 0.1) is 20.8 Å². The van der Waals surface area contributed by atoms with Gasteiger partial charge in [-0.25, -0.2) is 9.37 Å². The summed E-state index contributed by atoms with van der Waals surface area (Å²) in [4.78, 5) is 22.0. The van der Waals surface area contributed by atoms with Crippen molar-refractivity contribution in [1.82, 2.24) is 14.8 Å². The molecule has 202 valence electrons. The zero-order chi connectivity index (χ0) is 27.2. The van der Waals surface area contributed by atoms with Crippen molar-refractivity contribution < 1.29 is 18.7 Å². The van der Waals surface area contributed by atoms with Crippen LogP contribution < -0.4 is 9.47 Å². The normalized spacial score (nSPS) is 12.9. The number of carbonyl (C=O) groups excluding carboxylic acids is 1. The largest absolute Gasteiger partial charge is 0.493 e. The fourth-order valence-electron chi connectivity index (χ4n) is 4.91. The van der Waals surface area contributed by atoms with E-state index in [0.717, 1.165) is 23.4 Å². The molecule has 2 heterocycles. The van der Waals surface area contributed by atoms with Crippen LogP contribution in [-0.2, 0) is 32.5 Å². The number of methoxy groups -OCH3 is 2. The molecule has 0 atom stereocenters. The van der Waals surface area contributed by atoms with Crippen molar-refractivity contribution in [2.24, 2.45) is 0 Å². The van der Waals surface area contributed by atoms with Crippen LogP contribution in [0.2, 0.25) is 0 Å². The van der Waals surface area contributed by atoms with Gasteiger partial charge in [-0.2, -0.15) is 0 Å². The standard InChI is InChI=1S/C31H32FN3O3S/c1-37-28-12-11-22(17-29(28)38-2)13-15-34(18-25-9-5-6-10-26(25)32)20-30-33-27(21-39-30)31(36)35-16-14-23-7-3-4-8-24(23)19-35/h3-12,17,21H,13-16,18-20H2,1-2H3. The first-order chi connectivity index (χ1) is 19.0. The average Bonchev–Trinajstić information content (AvgIpc) is 3.44. The highest BCUT2D eigenvalue weighted by Gasteiger charge is 2.24. The van der Waals surface area contributed by atoms with Crippen LogP contribution in [0.25, 0.3) is 0 Å². The third-order valence-corrected chi connectivity index (χ3v) is 7.90. The SMILES string of the molecule is COc1ccc(CCN(Cc2nc(C(=O)N3CCc4ccccc4C3)cs2)Cc2ccccc2F)cc1OC. The number of carbonyl (C=O) groups is 1. The van der Waals surface area contributed by atoms with Gasteiger partial charge in [0.25, 0.3) is 5.91 Å². The van der Waals surface area contributed by atoms with Crippen molar-refractivity contribution in [1.29, 1.82) is 0 Å². The Hall–Kier alpha value is -3.75. The number of rotatable bonds is 10. The lowest BCUT2D eigenvalue weighted by Crippen LogP contribution is -2.36. The van der Waals surface area contributed by atoms with Crippen molar-refractivity contribution in [2.75, 3.05) is 27.3 Å². The van der Waals surface area contributed by atoms with Crippen LogP contribution in [-0.4, -0.2) is 48.0 Å². The molecule has 1 aromatic heterocycles. The van der Waals surface area contributed by atoms with E-state index < -0.39 is 0 Å². The number of hydrogen-bond acceptors (Lipinski definition) is 6. The number of ether oxygens (including phenoxy) is 2. The summed E-state index contributed by atoms with van der Waals surface area (Å²) in [7, 11) is 3.24. The number of amides is 1. The maximum absolute atomic E-state index is 14.5. The number of halogens is 1. The number of fused-ring (bicyclic) bond motifs is 1. The fourth-order valence-corrected chi connectivity index (χ4v) is 5.72.